The topological polar surface area (TPSA) is 147 Å². The molecule has 15 heteroatoms. The summed E-state index contributed by atoms with van der Waals surface area (Å²) in [5.41, 5.74) is -0.505. The van der Waals surface area contributed by atoms with E-state index in [2.05, 4.69) is 26.5 Å². The minimum atomic E-state index is -1.78. The van der Waals surface area contributed by atoms with E-state index in [4.69, 9.17) is 30.5 Å². The highest BCUT2D eigenvalue weighted by molar-refractivity contribution is 14.2. The van der Waals surface area contributed by atoms with Gasteiger partial charge in [-0.05, 0) is 98.7 Å². The van der Waals surface area contributed by atoms with Gasteiger partial charge in [-0.1, -0.05) is 51.3 Å². The molecule has 3 aliphatic heterocycles. The maximum Gasteiger partial charge on any atom is 0.409 e. The minimum Gasteiger partial charge on any atom is -0.495 e. The average molecular weight is 876 g/mol. The molecule has 1 aromatic carbocycles. The third-order valence-electron chi connectivity index (χ3n) is 10.1. The van der Waals surface area contributed by atoms with Gasteiger partial charge in [-0.15, -0.1) is 0 Å². The van der Waals surface area contributed by atoms with Gasteiger partial charge in [0.05, 0.1) is 24.8 Å². The number of carbonyl (C=O) groups is 4. The zero-order valence-electron chi connectivity index (χ0n) is 31.3. The molecule has 0 aliphatic carbocycles. The first-order valence-electron chi connectivity index (χ1n) is 17.3. The summed E-state index contributed by atoms with van der Waals surface area (Å²) in [6.45, 7) is 10.9. The van der Waals surface area contributed by atoms with Crippen molar-refractivity contribution in [1.82, 2.24) is 10.2 Å². The fourth-order valence-corrected chi connectivity index (χ4v) is 7.66. The Kier molecular flexibility index (Phi) is 13.7. The van der Waals surface area contributed by atoms with Crippen LogP contribution in [0.4, 0.5) is 10.5 Å². The first kappa shape index (κ1) is 42.2. The fraction of sp³-hybridized carbons (Fsp3) is 0.622. The minimum absolute atomic E-state index is 0.00529. The Morgan fingerprint density at radius 1 is 1.29 bits per heavy atom. The lowest BCUT2D eigenvalue weighted by atomic mass is 9.82. The smallest absolute Gasteiger partial charge is 0.409 e. The number of likely N-dealkylation sites (N-methyl/N-ethyl adjacent to an activating group) is 1. The number of nitrogens with zero attached hydrogens (tertiary/aromatic N) is 2. The predicted molar refractivity (Wildman–Crippen MR) is 210 cm³/mol. The van der Waals surface area contributed by atoms with Crippen LogP contribution in [0.1, 0.15) is 79.2 Å². The molecule has 0 aromatic heterocycles. The van der Waals surface area contributed by atoms with Crippen LogP contribution in [0.5, 0.6) is 5.75 Å². The maximum atomic E-state index is 14.1. The van der Waals surface area contributed by atoms with Crippen molar-refractivity contribution in [3.63, 3.8) is 0 Å². The zero-order chi connectivity index (χ0) is 38.8. The van der Waals surface area contributed by atoms with Gasteiger partial charge >= 0.3 is 12.1 Å². The summed E-state index contributed by atoms with van der Waals surface area (Å²) >= 11 is 8.95. The molecular formula is C37H51ClIN3O9S. The van der Waals surface area contributed by atoms with E-state index in [1.54, 1.807) is 29.0 Å². The highest BCUT2D eigenvalue weighted by atomic mass is 127. The lowest BCUT2D eigenvalue weighted by Gasteiger charge is -2.39. The maximum absolute atomic E-state index is 14.1. The van der Waals surface area contributed by atoms with E-state index in [1.807, 2.05) is 52.0 Å². The number of alkyl carbamates (subject to hydrolysis) is 1. The van der Waals surface area contributed by atoms with Crippen molar-refractivity contribution in [2.24, 2.45) is 5.92 Å². The summed E-state index contributed by atoms with van der Waals surface area (Å²) in [5, 5.41) is 15.1. The molecule has 288 valence electrons. The monoisotopic (exact) mass is 875 g/mol. The summed E-state index contributed by atoms with van der Waals surface area (Å²) in [4.78, 5) is 56.3. The number of carbonyl (C=O) groups excluding carboxylic acids is 4. The van der Waals surface area contributed by atoms with Crippen LogP contribution in [0.2, 0.25) is 5.02 Å². The Hall–Kier alpha value is -2.53. The van der Waals surface area contributed by atoms with E-state index in [-0.39, 0.29) is 34.6 Å². The number of aliphatic hydroxyl groups is 1. The Bertz CT molecular complexity index is 1600. The van der Waals surface area contributed by atoms with Gasteiger partial charge in [0.1, 0.15) is 35.1 Å². The zero-order valence-corrected chi connectivity index (χ0v) is 35.0. The molecule has 4 bridgehead atoms. The van der Waals surface area contributed by atoms with Gasteiger partial charge in [0.25, 0.3) is 0 Å². The van der Waals surface area contributed by atoms with Crippen LogP contribution in [0.15, 0.2) is 35.9 Å². The van der Waals surface area contributed by atoms with Crippen molar-refractivity contribution in [2.45, 2.75) is 120 Å². The van der Waals surface area contributed by atoms with Crippen molar-refractivity contribution in [2.75, 3.05) is 26.1 Å². The van der Waals surface area contributed by atoms with E-state index < -0.39 is 59.9 Å². The Morgan fingerprint density at radius 3 is 2.63 bits per heavy atom. The molecule has 2 saturated heterocycles. The molecule has 2 N–H and O–H groups in total. The van der Waals surface area contributed by atoms with Gasteiger partial charge in [-0.25, -0.2) is 9.59 Å². The number of benzene rings is 1. The molecule has 1 spiro atoms. The van der Waals surface area contributed by atoms with Gasteiger partial charge < -0.3 is 33.9 Å². The Morgan fingerprint density at radius 2 is 1.98 bits per heavy atom. The number of esters is 1. The summed E-state index contributed by atoms with van der Waals surface area (Å²) < 4.78 is 23.0. The van der Waals surface area contributed by atoms with Gasteiger partial charge in [-0.3, -0.25) is 14.9 Å². The molecule has 4 rings (SSSR count). The Balaban J connectivity index is 1.68. The van der Waals surface area contributed by atoms with Crippen LogP contribution < -0.4 is 15.0 Å². The number of methoxy groups -OCH3 is 1. The summed E-state index contributed by atoms with van der Waals surface area (Å²) in [6, 6.07) is 2.60. The van der Waals surface area contributed by atoms with Crippen LogP contribution >= 0.6 is 41.7 Å². The van der Waals surface area contributed by atoms with E-state index in [0.717, 1.165) is 11.1 Å². The molecule has 0 radical (unpaired) electrons. The average Bonchev–Trinajstić information content (AvgIpc) is 3.74. The van der Waals surface area contributed by atoms with Crippen molar-refractivity contribution in [3.05, 3.63) is 46.5 Å². The van der Waals surface area contributed by atoms with Gasteiger partial charge in [0, 0.05) is 31.7 Å². The standard InChI is InChI=1S/C37H51ClIN3O9S/c1-21-11-10-12-28-37(51-28)20-27(49-34(46)40-37)22(2)19-36(6,47)29(50-33(45)23(3)41(7)30(43)13-14-35(4,5)52-39)18-31(44)42(8)25-16-24(15-21)17-26(48-9)32(25)38/h10-12,16-17,22-23,27-29,47H,13-15,18-20H2,1-9H3,(H,40,46)/b12-10?,21-11+/t22-,23-,27-,28+,29-,36+,37-/m0/s1. The predicted octanol–water partition coefficient (Wildman–Crippen LogP) is 6.53. The quantitative estimate of drug-likeness (QED) is 0.168. The van der Waals surface area contributed by atoms with Crippen LogP contribution in [-0.2, 0) is 35.0 Å². The molecule has 3 heterocycles. The number of ether oxygens (including phenoxy) is 4. The third kappa shape index (κ3) is 10.2. The van der Waals surface area contributed by atoms with E-state index in [9.17, 15) is 24.3 Å². The second-order valence-electron chi connectivity index (χ2n) is 15.0. The normalized spacial score (nSPS) is 29.8. The van der Waals surface area contributed by atoms with Crippen LogP contribution in [0.25, 0.3) is 0 Å². The summed E-state index contributed by atoms with van der Waals surface area (Å²) in [7, 11) is 6.21. The SMILES string of the molecule is COc1cc2cc(c1Cl)N(C)C(=O)C[C@H](OC(=O)[C@H](C)N(C)C(=O)CCC(C)(C)SI)[C@](C)(O)C[C@H](C)[C@@H]1C[C@]3(NC(=O)O1)O[C@@H]3C=C/C=C(\C)C2. The molecular weight excluding hydrogens is 825 g/mol. The molecule has 1 aromatic rings. The van der Waals surface area contributed by atoms with Crippen molar-refractivity contribution >= 4 is 71.3 Å². The highest BCUT2D eigenvalue weighted by Gasteiger charge is 2.61. The Labute approximate surface area is 327 Å². The number of fused-ring (bicyclic) bond motifs is 3. The number of hydrogen-bond acceptors (Lipinski definition) is 10. The number of halogens is 2. The van der Waals surface area contributed by atoms with Crippen LogP contribution in [0.3, 0.4) is 0 Å². The molecule has 2 fully saturated rings. The molecule has 0 unspecified atom stereocenters. The van der Waals surface area contributed by atoms with Gasteiger partial charge in [-0.2, -0.15) is 0 Å². The number of anilines is 1. The summed E-state index contributed by atoms with van der Waals surface area (Å²) in [6.07, 6.45) is 3.95. The number of epoxide rings is 1. The first-order chi connectivity index (χ1) is 24.2. The number of hydrogen-bond donors (Lipinski definition) is 2. The van der Waals surface area contributed by atoms with E-state index >= 15 is 0 Å². The molecule has 0 saturated carbocycles. The molecule has 3 aliphatic rings. The summed E-state index contributed by atoms with van der Waals surface area (Å²) in [5.74, 6) is -1.56. The van der Waals surface area contributed by atoms with Gasteiger partial charge in [0.15, 0.2) is 5.72 Å². The van der Waals surface area contributed by atoms with Crippen LogP contribution in [-0.4, -0.2) is 95.5 Å². The fourth-order valence-electron chi connectivity index (χ4n) is 6.50. The van der Waals surface area contributed by atoms with Crippen molar-refractivity contribution in [1.29, 1.82) is 0 Å². The first-order valence-corrected chi connectivity index (χ1v) is 21.1. The lowest BCUT2D eigenvalue weighted by Crippen LogP contribution is -2.53. The van der Waals surface area contributed by atoms with Crippen LogP contribution in [0, 0.1) is 5.92 Å². The second-order valence-corrected chi connectivity index (χ2v) is 18.0. The number of rotatable bonds is 8. The van der Waals surface area contributed by atoms with Crippen molar-refractivity contribution < 1.29 is 43.2 Å². The van der Waals surface area contributed by atoms with E-state index in [1.165, 1.54) is 30.9 Å². The van der Waals surface area contributed by atoms with E-state index in [0.29, 0.717) is 30.7 Å². The number of nitrogens with one attached hydrogen (secondary N) is 1. The second kappa shape index (κ2) is 16.9. The lowest BCUT2D eigenvalue weighted by molar-refractivity contribution is -0.175. The highest BCUT2D eigenvalue weighted by Crippen LogP contribution is 2.45. The third-order valence-corrected chi connectivity index (χ3v) is 14.7. The molecule has 52 heavy (non-hydrogen) atoms. The number of amides is 3. The van der Waals surface area contributed by atoms with Gasteiger partial charge in [0.2, 0.25) is 11.8 Å². The molecule has 3 amide bonds. The largest absolute Gasteiger partial charge is 0.495 e. The molecule has 7 atom stereocenters. The number of allylic oxidation sites excluding steroid dienone is 3. The van der Waals surface area contributed by atoms with Crippen molar-refractivity contribution in [3.8, 4) is 5.75 Å². The molecule has 12 nitrogen and oxygen atoms in total.